The highest BCUT2D eigenvalue weighted by Gasteiger charge is 2.20. The number of nitrogens with one attached hydrogen (secondary N) is 1. The molecule has 6 heteroatoms. The van der Waals surface area contributed by atoms with E-state index in [-0.39, 0.29) is 0 Å². The van der Waals surface area contributed by atoms with E-state index in [1.165, 1.54) is 5.56 Å². The van der Waals surface area contributed by atoms with Crippen LogP contribution in [-0.4, -0.2) is 61.3 Å². The number of hydrogen-bond donors (Lipinski definition) is 1. The van der Waals surface area contributed by atoms with Crippen molar-refractivity contribution in [1.29, 1.82) is 0 Å². The number of benzene rings is 2. The number of para-hydroxylation sites is 1. The van der Waals surface area contributed by atoms with E-state index in [0.29, 0.717) is 6.61 Å². The Morgan fingerprint density at radius 3 is 2.46 bits per heavy atom. The predicted molar refractivity (Wildman–Crippen MR) is 114 cm³/mol. The highest BCUT2D eigenvalue weighted by molar-refractivity contribution is 5.90. The summed E-state index contributed by atoms with van der Waals surface area (Å²) in [5.74, 6) is 1.68. The molecule has 2 heterocycles. The summed E-state index contributed by atoms with van der Waals surface area (Å²) >= 11 is 0. The van der Waals surface area contributed by atoms with Crippen LogP contribution in [-0.2, 0) is 11.3 Å². The Kier molecular flexibility index (Phi) is 5.99. The average Bonchev–Trinajstić information content (AvgIpc) is 2.75. The summed E-state index contributed by atoms with van der Waals surface area (Å²) in [6.45, 7) is 6.26. The van der Waals surface area contributed by atoms with Crippen molar-refractivity contribution in [3.63, 3.8) is 0 Å². The van der Waals surface area contributed by atoms with Gasteiger partial charge in [0.15, 0.2) is 0 Å². The molecule has 1 aromatic heterocycles. The molecule has 146 valence electrons. The van der Waals surface area contributed by atoms with E-state index in [4.69, 9.17) is 14.7 Å². The van der Waals surface area contributed by atoms with Crippen LogP contribution in [0.25, 0.3) is 10.9 Å². The number of anilines is 2. The van der Waals surface area contributed by atoms with Crippen molar-refractivity contribution in [2.45, 2.75) is 6.54 Å². The van der Waals surface area contributed by atoms with Crippen LogP contribution >= 0.6 is 0 Å². The molecule has 0 bridgehead atoms. The Hall–Kier alpha value is -2.70. The summed E-state index contributed by atoms with van der Waals surface area (Å²) in [5.41, 5.74) is 2.33. The third-order valence-electron chi connectivity index (χ3n) is 5.09. The van der Waals surface area contributed by atoms with Crippen molar-refractivity contribution in [2.24, 2.45) is 0 Å². The third-order valence-corrected chi connectivity index (χ3v) is 5.09. The van der Waals surface area contributed by atoms with Crippen molar-refractivity contribution in [1.82, 2.24) is 14.9 Å². The fraction of sp³-hybridized carbons (Fsp3) is 0.364. The van der Waals surface area contributed by atoms with E-state index in [0.717, 1.165) is 61.9 Å². The van der Waals surface area contributed by atoms with Crippen LogP contribution in [0.4, 0.5) is 11.8 Å². The zero-order valence-electron chi connectivity index (χ0n) is 16.3. The maximum absolute atomic E-state index is 5.16. The molecule has 0 aliphatic carbocycles. The molecule has 1 fully saturated rings. The molecular weight excluding hydrogens is 350 g/mol. The lowest BCUT2D eigenvalue weighted by molar-refractivity contribution is 0.210. The number of piperazine rings is 1. The first-order valence-corrected chi connectivity index (χ1v) is 9.84. The average molecular weight is 377 g/mol. The van der Waals surface area contributed by atoms with Crippen LogP contribution in [0.1, 0.15) is 5.56 Å². The molecular formula is C22H27N5O. The lowest BCUT2D eigenvalue weighted by Crippen LogP contribution is -2.46. The number of fused-ring (bicyclic) bond motifs is 1. The molecule has 28 heavy (non-hydrogen) atoms. The molecule has 1 N–H and O–H groups in total. The molecule has 0 spiro atoms. The number of nitrogens with zero attached hydrogens (tertiary/aromatic N) is 4. The van der Waals surface area contributed by atoms with Gasteiger partial charge in [-0.1, -0.05) is 42.5 Å². The minimum absolute atomic E-state index is 0.645. The van der Waals surface area contributed by atoms with Gasteiger partial charge in [0, 0.05) is 51.8 Å². The normalized spacial score (nSPS) is 15.1. The largest absolute Gasteiger partial charge is 0.383 e. The van der Waals surface area contributed by atoms with Gasteiger partial charge in [0.2, 0.25) is 5.95 Å². The van der Waals surface area contributed by atoms with E-state index in [1.54, 1.807) is 7.11 Å². The summed E-state index contributed by atoms with van der Waals surface area (Å²) < 4.78 is 5.16. The molecule has 6 nitrogen and oxygen atoms in total. The van der Waals surface area contributed by atoms with Crippen LogP contribution in [0.5, 0.6) is 0 Å². The molecule has 1 saturated heterocycles. The Balaban J connectivity index is 1.47. The minimum Gasteiger partial charge on any atom is -0.383 e. The fourth-order valence-corrected chi connectivity index (χ4v) is 3.56. The summed E-state index contributed by atoms with van der Waals surface area (Å²) in [6.07, 6.45) is 0. The number of aromatic nitrogens is 2. The summed E-state index contributed by atoms with van der Waals surface area (Å²) in [4.78, 5) is 14.4. The van der Waals surface area contributed by atoms with Gasteiger partial charge in [-0.2, -0.15) is 4.98 Å². The standard InChI is InChI=1S/C22H27N5O/c1-28-16-11-23-21-19-9-5-6-10-20(19)24-22(25-21)27-14-12-26(13-15-27)17-18-7-3-2-4-8-18/h2-10H,11-17H2,1H3,(H,23,24,25). The number of ether oxygens (including phenoxy) is 1. The number of rotatable bonds is 7. The van der Waals surface area contributed by atoms with Crippen LogP contribution in [0.2, 0.25) is 0 Å². The van der Waals surface area contributed by atoms with Crippen LogP contribution < -0.4 is 10.2 Å². The molecule has 3 aromatic rings. The van der Waals surface area contributed by atoms with Crippen LogP contribution in [0.15, 0.2) is 54.6 Å². The molecule has 2 aromatic carbocycles. The Morgan fingerprint density at radius 2 is 1.68 bits per heavy atom. The SMILES string of the molecule is COCCNc1nc(N2CCN(Cc3ccccc3)CC2)nc2ccccc12. The van der Waals surface area contributed by atoms with Gasteiger partial charge in [-0.3, -0.25) is 4.90 Å². The van der Waals surface area contributed by atoms with Gasteiger partial charge < -0.3 is 15.0 Å². The molecule has 0 radical (unpaired) electrons. The zero-order chi connectivity index (χ0) is 19.2. The van der Waals surface area contributed by atoms with Gasteiger partial charge in [-0.25, -0.2) is 4.98 Å². The Morgan fingerprint density at radius 1 is 0.929 bits per heavy atom. The molecule has 0 amide bonds. The van der Waals surface area contributed by atoms with Crippen molar-refractivity contribution >= 4 is 22.7 Å². The van der Waals surface area contributed by atoms with E-state index in [1.807, 2.05) is 18.2 Å². The first-order chi connectivity index (χ1) is 13.8. The maximum atomic E-state index is 5.16. The van der Waals surface area contributed by atoms with Crippen molar-refractivity contribution in [3.8, 4) is 0 Å². The molecule has 0 saturated carbocycles. The van der Waals surface area contributed by atoms with Gasteiger partial charge in [0.1, 0.15) is 5.82 Å². The van der Waals surface area contributed by atoms with Crippen LogP contribution in [0.3, 0.4) is 0 Å². The van der Waals surface area contributed by atoms with Gasteiger partial charge in [0.25, 0.3) is 0 Å². The summed E-state index contributed by atoms with van der Waals surface area (Å²) in [6, 6.07) is 18.8. The minimum atomic E-state index is 0.645. The number of methoxy groups -OCH3 is 1. The van der Waals surface area contributed by atoms with Crippen molar-refractivity contribution in [2.75, 3.05) is 56.7 Å². The quantitative estimate of drug-likeness (QED) is 0.639. The van der Waals surface area contributed by atoms with E-state index in [2.05, 4.69) is 51.5 Å². The van der Waals surface area contributed by atoms with Crippen molar-refractivity contribution < 1.29 is 4.74 Å². The Labute approximate surface area is 166 Å². The Bertz CT molecular complexity index is 894. The monoisotopic (exact) mass is 377 g/mol. The van der Waals surface area contributed by atoms with Gasteiger partial charge >= 0.3 is 0 Å². The lowest BCUT2D eigenvalue weighted by Gasteiger charge is -2.35. The second-order valence-corrected chi connectivity index (χ2v) is 7.06. The van der Waals surface area contributed by atoms with E-state index < -0.39 is 0 Å². The predicted octanol–water partition coefficient (Wildman–Crippen LogP) is 3.01. The smallest absolute Gasteiger partial charge is 0.227 e. The highest BCUT2D eigenvalue weighted by Crippen LogP contribution is 2.24. The fourth-order valence-electron chi connectivity index (χ4n) is 3.56. The molecule has 0 unspecified atom stereocenters. The van der Waals surface area contributed by atoms with Gasteiger partial charge in [0.05, 0.1) is 12.1 Å². The third kappa shape index (κ3) is 4.40. The molecule has 4 rings (SSSR count). The molecule has 1 aliphatic heterocycles. The summed E-state index contributed by atoms with van der Waals surface area (Å²) in [5, 5.41) is 4.44. The summed E-state index contributed by atoms with van der Waals surface area (Å²) in [7, 11) is 1.71. The van der Waals surface area contributed by atoms with Gasteiger partial charge in [-0.05, 0) is 17.7 Å². The maximum Gasteiger partial charge on any atom is 0.227 e. The van der Waals surface area contributed by atoms with E-state index >= 15 is 0 Å². The first-order valence-electron chi connectivity index (χ1n) is 9.84. The highest BCUT2D eigenvalue weighted by atomic mass is 16.5. The molecule has 1 aliphatic rings. The van der Waals surface area contributed by atoms with Gasteiger partial charge in [-0.15, -0.1) is 0 Å². The van der Waals surface area contributed by atoms with Crippen molar-refractivity contribution in [3.05, 3.63) is 60.2 Å². The van der Waals surface area contributed by atoms with E-state index in [9.17, 15) is 0 Å². The number of hydrogen-bond acceptors (Lipinski definition) is 6. The first kappa shape index (κ1) is 18.7. The lowest BCUT2D eigenvalue weighted by atomic mass is 10.2. The molecule has 0 atom stereocenters. The topological polar surface area (TPSA) is 53.5 Å². The van der Waals surface area contributed by atoms with Crippen LogP contribution in [0, 0.1) is 0 Å². The zero-order valence-corrected chi connectivity index (χ0v) is 16.3. The second kappa shape index (κ2) is 8.99. The second-order valence-electron chi connectivity index (χ2n) is 7.06.